The SMILES string of the molecule is C=CCOc1nc(OCC=C)nc(-c2ccccc2)n1. The van der Waals surface area contributed by atoms with Gasteiger partial charge < -0.3 is 9.47 Å². The second kappa shape index (κ2) is 7.04. The fourth-order valence-corrected chi connectivity index (χ4v) is 1.45. The van der Waals surface area contributed by atoms with Crippen LogP contribution in [0.3, 0.4) is 0 Å². The minimum absolute atomic E-state index is 0.206. The first-order valence-corrected chi connectivity index (χ1v) is 6.12. The Morgan fingerprint density at radius 2 is 1.40 bits per heavy atom. The van der Waals surface area contributed by atoms with Crippen molar-refractivity contribution in [2.24, 2.45) is 0 Å². The number of rotatable bonds is 7. The molecule has 1 aromatic carbocycles. The van der Waals surface area contributed by atoms with E-state index in [9.17, 15) is 0 Å². The number of hydrogen-bond acceptors (Lipinski definition) is 5. The van der Waals surface area contributed by atoms with Crippen molar-refractivity contribution in [3.8, 4) is 23.4 Å². The van der Waals surface area contributed by atoms with Crippen LogP contribution in [0, 0.1) is 0 Å². The summed E-state index contributed by atoms with van der Waals surface area (Å²) < 4.78 is 10.7. The molecule has 2 aromatic rings. The molecule has 0 aliphatic carbocycles. The molecule has 0 saturated heterocycles. The van der Waals surface area contributed by atoms with Gasteiger partial charge in [0.1, 0.15) is 13.2 Å². The number of ether oxygens (including phenoxy) is 2. The Balaban J connectivity index is 2.34. The lowest BCUT2D eigenvalue weighted by Gasteiger charge is -2.07. The average molecular weight is 269 g/mol. The Bertz CT molecular complexity index is 555. The van der Waals surface area contributed by atoms with Crippen LogP contribution in [0.5, 0.6) is 12.0 Å². The van der Waals surface area contributed by atoms with E-state index in [1.807, 2.05) is 30.3 Å². The van der Waals surface area contributed by atoms with Crippen LogP contribution in [0.4, 0.5) is 0 Å². The largest absolute Gasteiger partial charge is 0.459 e. The maximum atomic E-state index is 5.35. The summed E-state index contributed by atoms with van der Waals surface area (Å²) >= 11 is 0. The van der Waals surface area contributed by atoms with Crippen LogP contribution in [0.2, 0.25) is 0 Å². The van der Waals surface area contributed by atoms with Gasteiger partial charge in [-0.3, -0.25) is 0 Å². The molecular formula is C15H15N3O2. The maximum Gasteiger partial charge on any atom is 0.323 e. The van der Waals surface area contributed by atoms with E-state index in [4.69, 9.17) is 9.47 Å². The predicted octanol–water partition coefficient (Wildman–Crippen LogP) is 2.67. The van der Waals surface area contributed by atoms with Crippen molar-refractivity contribution in [3.05, 3.63) is 55.6 Å². The van der Waals surface area contributed by atoms with Crippen LogP contribution in [0.25, 0.3) is 11.4 Å². The molecule has 102 valence electrons. The zero-order valence-corrected chi connectivity index (χ0v) is 11.0. The van der Waals surface area contributed by atoms with E-state index in [-0.39, 0.29) is 12.0 Å². The van der Waals surface area contributed by atoms with Crippen molar-refractivity contribution in [2.75, 3.05) is 13.2 Å². The van der Waals surface area contributed by atoms with Crippen LogP contribution < -0.4 is 9.47 Å². The summed E-state index contributed by atoms with van der Waals surface area (Å²) in [5.41, 5.74) is 0.863. The van der Waals surface area contributed by atoms with Gasteiger partial charge in [-0.25, -0.2) is 0 Å². The van der Waals surface area contributed by atoms with Crippen LogP contribution in [0.1, 0.15) is 0 Å². The Morgan fingerprint density at radius 3 is 1.90 bits per heavy atom. The van der Waals surface area contributed by atoms with Gasteiger partial charge in [-0.15, -0.1) is 4.98 Å². The molecule has 5 nitrogen and oxygen atoms in total. The van der Waals surface area contributed by atoms with Crippen molar-refractivity contribution < 1.29 is 9.47 Å². The van der Waals surface area contributed by atoms with E-state index in [2.05, 4.69) is 28.1 Å². The summed E-state index contributed by atoms with van der Waals surface area (Å²) in [6.45, 7) is 7.81. The van der Waals surface area contributed by atoms with Crippen LogP contribution in [0.15, 0.2) is 55.6 Å². The topological polar surface area (TPSA) is 57.1 Å². The smallest absolute Gasteiger partial charge is 0.323 e. The Morgan fingerprint density at radius 1 is 0.850 bits per heavy atom. The Labute approximate surface area is 117 Å². The van der Waals surface area contributed by atoms with Gasteiger partial charge in [-0.2, -0.15) is 9.97 Å². The predicted molar refractivity (Wildman–Crippen MR) is 76.6 cm³/mol. The molecular weight excluding hydrogens is 254 g/mol. The van der Waals surface area contributed by atoms with Gasteiger partial charge in [-0.1, -0.05) is 55.6 Å². The highest BCUT2D eigenvalue weighted by Crippen LogP contribution is 2.19. The molecule has 20 heavy (non-hydrogen) atoms. The molecule has 0 aliphatic rings. The molecule has 0 fully saturated rings. The molecule has 2 rings (SSSR count). The third-order valence-electron chi connectivity index (χ3n) is 2.29. The van der Waals surface area contributed by atoms with Crippen molar-refractivity contribution in [3.63, 3.8) is 0 Å². The van der Waals surface area contributed by atoms with Crippen molar-refractivity contribution >= 4 is 0 Å². The van der Waals surface area contributed by atoms with E-state index in [1.165, 1.54) is 0 Å². The Kier molecular flexibility index (Phi) is 4.83. The molecule has 0 aliphatic heterocycles. The summed E-state index contributed by atoms with van der Waals surface area (Å²) in [7, 11) is 0. The zero-order chi connectivity index (χ0) is 14.2. The van der Waals surface area contributed by atoms with Gasteiger partial charge in [0.15, 0.2) is 5.82 Å². The molecule has 0 saturated carbocycles. The van der Waals surface area contributed by atoms with Gasteiger partial charge in [0, 0.05) is 5.56 Å². The van der Waals surface area contributed by atoms with E-state index in [0.29, 0.717) is 19.0 Å². The first kappa shape index (κ1) is 13.7. The van der Waals surface area contributed by atoms with Gasteiger partial charge in [0.05, 0.1) is 0 Å². The molecule has 0 spiro atoms. The monoisotopic (exact) mass is 269 g/mol. The Hall–Kier alpha value is -2.69. The van der Waals surface area contributed by atoms with Crippen molar-refractivity contribution in [2.45, 2.75) is 0 Å². The normalized spacial score (nSPS) is 9.80. The number of benzene rings is 1. The lowest BCUT2D eigenvalue weighted by atomic mass is 10.2. The minimum Gasteiger partial charge on any atom is -0.459 e. The van der Waals surface area contributed by atoms with E-state index >= 15 is 0 Å². The van der Waals surface area contributed by atoms with Gasteiger partial charge >= 0.3 is 12.0 Å². The molecule has 1 aromatic heterocycles. The quantitative estimate of drug-likeness (QED) is 0.723. The summed E-state index contributed by atoms with van der Waals surface area (Å²) in [6, 6.07) is 9.97. The first-order valence-electron chi connectivity index (χ1n) is 6.12. The van der Waals surface area contributed by atoms with E-state index in [0.717, 1.165) is 5.56 Å². The highest BCUT2D eigenvalue weighted by atomic mass is 16.5. The van der Waals surface area contributed by atoms with E-state index in [1.54, 1.807) is 12.2 Å². The zero-order valence-electron chi connectivity index (χ0n) is 11.0. The average Bonchev–Trinajstić information content (AvgIpc) is 2.51. The van der Waals surface area contributed by atoms with Crippen molar-refractivity contribution in [1.29, 1.82) is 0 Å². The second-order valence-electron chi connectivity index (χ2n) is 3.79. The molecule has 0 radical (unpaired) electrons. The summed E-state index contributed by atoms with van der Waals surface area (Å²) in [4.78, 5) is 12.6. The number of aromatic nitrogens is 3. The minimum atomic E-state index is 0.206. The maximum absolute atomic E-state index is 5.35. The molecule has 0 unspecified atom stereocenters. The molecule has 0 N–H and O–H groups in total. The molecule has 5 heteroatoms. The second-order valence-corrected chi connectivity index (χ2v) is 3.79. The summed E-state index contributed by atoms with van der Waals surface area (Å²) in [6.07, 6.45) is 3.24. The van der Waals surface area contributed by atoms with Crippen LogP contribution in [-0.4, -0.2) is 28.2 Å². The number of hydrogen-bond donors (Lipinski definition) is 0. The summed E-state index contributed by atoms with van der Waals surface area (Å²) in [5.74, 6) is 0.499. The van der Waals surface area contributed by atoms with Crippen LogP contribution in [-0.2, 0) is 0 Å². The van der Waals surface area contributed by atoms with E-state index < -0.39 is 0 Å². The van der Waals surface area contributed by atoms with Crippen LogP contribution >= 0.6 is 0 Å². The highest BCUT2D eigenvalue weighted by Gasteiger charge is 2.09. The standard InChI is InChI=1S/C15H15N3O2/c1-3-10-19-14-16-13(12-8-6-5-7-9-12)17-15(18-14)20-11-4-2/h3-9H,1-2,10-11H2. The third-order valence-corrected chi connectivity index (χ3v) is 2.29. The van der Waals surface area contributed by atoms with Crippen molar-refractivity contribution in [1.82, 2.24) is 15.0 Å². The number of nitrogens with zero attached hydrogens (tertiary/aromatic N) is 3. The third kappa shape index (κ3) is 3.65. The highest BCUT2D eigenvalue weighted by molar-refractivity contribution is 5.54. The van der Waals surface area contributed by atoms with Gasteiger partial charge in [-0.05, 0) is 0 Å². The molecule has 1 heterocycles. The van der Waals surface area contributed by atoms with Gasteiger partial charge in [0.25, 0.3) is 0 Å². The first-order chi connectivity index (χ1) is 9.83. The molecule has 0 amide bonds. The van der Waals surface area contributed by atoms with Gasteiger partial charge in [0.2, 0.25) is 0 Å². The fourth-order valence-electron chi connectivity index (χ4n) is 1.45. The lowest BCUT2D eigenvalue weighted by molar-refractivity contribution is 0.298. The summed E-state index contributed by atoms with van der Waals surface area (Å²) in [5, 5.41) is 0. The lowest BCUT2D eigenvalue weighted by Crippen LogP contribution is -2.05. The molecule has 0 bridgehead atoms. The molecule has 0 atom stereocenters. The fraction of sp³-hybridized carbons (Fsp3) is 0.133.